The van der Waals surface area contributed by atoms with Gasteiger partial charge in [0.15, 0.2) is 5.11 Å². The smallest absolute Gasteiger partial charge is 0.339 e. The van der Waals surface area contributed by atoms with E-state index in [1.165, 1.54) is 7.11 Å². The van der Waals surface area contributed by atoms with Crippen LogP contribution in [0.15, 0.2) is 48.5 Å². The Morgan fingerprint density at radius 2 is 1.91 bits per heavy atom. The van der Waals surface area contributed by atoms with Crippen LogP contribution in [0.3, 0.4) is 0 Å². The molecule has 0 aromatic heterocycles. The van der Waals surface area contributed by atoms with Crippen LogP contribution in [0.4, 0.5) is 5.69 Å². The highest BCUT2D eigenvalue weighted by molar-refractivity contribution is 7.80. The van der Waals surface area contributed by atoms with E-state index in [4.69, 9.17) is 28.6 Å². The van der Waals surface area contributed by atoms with Crippen LogP contribution < -0.4 is 10.6 Å². The van der Waals surface area contributed by atoms with Crippen molar-refractivity contribution in [1.82, 2.24) is 5.32 Å². The third-order valence-electron chi connectivity index (χ3n) is 3.28. The molecule has 0 bridgehead atoms. The van der Waals surface area contributed by atoms with Crippen molar-refractivity contribution < 1.29 is 9.53 Å². The van der Waals surface area contributed by atoms with Gasteiger partial charge in [-0.15, -0.1) is 0 Å². The lowest BCUT2D eigenvalue weighted by Gasteiger charge is -2.17. The number of nitrogens with one attached hydrogen (secondary N) is 2. The SMILES string of the molecule is COC(=O)c1cc(NC(=S)NC(C)c2ccccc2)ccc1Cl. The first-order valence-corrected chi connectivity index (χ1v) is 7.80. The summed E-state index contributed by atoms with van der Waals surface area (Å²) < 4.78 is 4.70. The van der Waals surface area contributed by atoms with E-state index in [9.17, 15) is 4.79 Å². The van der Waals surface area contributed by atoms with E-state index in [2.05, 4.69) is 10.6 Å². The number of rotatable bonds is 4. The molecule has 1 unspecified atom stereocenters. The molecule has 0 fully saturated rings. The lowest BCUT2D eigenvalue weighted by Crippen LogP contribution is -2.30. The van der Waals surface area contributed by atoms with Gasteiger partial charge >= 0.3 is 5.97 Å². The minimum Gasteiger partial charge on any atom is -0.465 e. The van der Waals surface area contributed by atoms with Gasteiger partial charge in [-0.1, -0.05) is 41.9 Å². The summed E-state index contributed by atoms with van der Waals surface area (Å²) in [5, 5.41) is 7.03. The lowest BCUT2D eigenvalue weighted by atomic mass is 10.1. The highest BCUT2D eigenvalue weighted by Crippen LogP contribution is 2.21. The topological polar surface area (TPSA) is 50.4 Å². The molecule has 0 heterocycles. The number of carbonyl (C=O) groups excluding carboxylic acids is 1. The number of hydrogen-bond donors (Lipinski definition) is 2. The van der Waals surface area contributed by atoms with E-state index in [-0.39, 0.29) is 11.6 Å². The monoisotopic (exact) mass is 348 g/mol. The Morgan fingerprint density at radius 3 is 2.57 bits per heavy atom. The van der Waals surface area contributed by atoms with Crippen LogP contribution in [-0.2, 0) is 4.74 Å². The summed E-state index contributed by atoms with van der Waals surface area (Å²) in [5.41, 5.74) is 2.08. The third-order valence-corrected chi connectivity index (χ3v) is 3.83. The number of esters is 1. The molecule has 0 saturated heterocycles. The summed E-state index contributed by atoms with van der Waals surface area (Å²) in [6, 6.07) is 15.0. The number of carbonyl (C=O) groups is 1. The summed E-state index contributed by atoms with van der Waals surface area (Å²) in [4.78, 5) is 11.7. The maximum absolute atomic E-state index is 11.7. The second kappa shape index (κ2) is 7.94. The first-order chi connectivity index (χ1) is 11.0. The molecule has 120 valence electrons. The zero-order valence-electron chi connectivity index (χ0n) is 12.8. The Morgan fingerprint density at radius 1 is 1.22 bits per heavy atom. The van der Waals surface area contributed by atoms with E-state index in [0.29, 0.717) is 15.8 Å². The minimum absolute atomic E-state index is 0.0589. The van der Waals surface area contributed by atoms with Crippen LogP contribution in [-0.4, -0.2) is 18.2 Å². The fraction of sp³-hybridized carbons (Fsp3) is 0.176. The molecule has 0 saturated carbocycles. The van der Waals surface area contributed by atoms with Crippen LogP contribution >= 0.6 is 23.8 Å². The van der Waals surface area contributed by atoms with Crippen molar-refractivity contribution in [1.29, 1.82) is 0 Å². The van der Waals surface area contributed by atoms with Crippen LogP contribution in [0.2, 0.25) is 5.02 Å². The average molecular weight is 349 g/mol. The number of benzene rings is 2. The Kier molecular flexibility index (Phi) is 5.96. The molecule has 0 amide bonds. The molecule has 1 atom stereocenters. The van der Waals surface area contributed by atoms with Crippen LogP contribution in [0.1, 0.15) is 28.9 Å². The Hall–Kier alpha value is -2.11. The molecule has 4 nitrogen and oxygen atoms in total. The largest absolute Gasteiger partial charge is 0.465 e. The summed E-state index contributed by atoms with van der Waals surface area (Å²) in [7, 11) is 1.31. The maximum Gasteiger partial charge on any atom is 0.339 e. The predicted molar refractivity (Wildman–Crippen MR) is 97.0 cm³/mol. The van der Waals surface area contributed by atoms with Gasteiger partial charge in [-0.25, -0.2) is 4.79 Å². The number of thiocarbonyl (C=S) groups is 1. The van der Waals surface area contributed by atoms with E-state index >= 15 is 0 Å². The highest BCUT2D eigenvalue weighted by atomic mass is 35.5. The average Bonchev–Trinajstić information content (AvgIpc) is 2.56. The van der Waals surface area contributed by atoms with Gasteiger partial charge in [-0.2, -0.15) is 0 Å². The maximum atomic E-state index is 11.7. The summed E-state index contributed by atoms with van der Waals surface area (Å²) in [6.07, 6.45) is 0. The normalized spacial score (nSPS) is 11.4. The van der Waals surface area contributed by atoms with Crippen molar-refractivity contribution in [3.63, 3.8) is 0 Å². The Balaban J connectivity index is 2.04. The van der Waals surface area contributed by atoms with Crippen LogP contribution in [0.5, 0.6) is 0 Å². The van der Waals surface area contributed by atoms with E-state index < -0.39 is 5.97 Å². The third kappa shape index (κ3) is 4.68. The first kappa shape index (κ1) is 17.2. The molecule has 0 aliphatic rings. The zero-order valence-corrected chi connectivity index (χ0v) is 14.4. The zero-order chi connectivity index (χ0) is 16.8. The van der Waals surface area contributed by atoms with Crippen LogP contribution in [0.25, 0.3) is 0 Å². The molecule has 2 N–H and O–H groups in total. The van der Waals surface area contributed by atoms with Crippen molar-refractivity contribution in [3.05, 3.63) is 64.7 Å². The fourth-order valence-corrected chi connectivity index (χ4v) is 2.55. The summed E-state index contributed by atoms with van der Waals surface area (Å²) >= 11 is 11.3. The number of ether oxygens (including phenoxy) is 1. The second-order valence-electron chi connectivity index (χ2n) is 4.92. The van der Waals surface area contributed by atoms with Gasteiger partial charge in [0.2, 0.25) is 0 Å². The molecule has 23 heavy (non-hydrogen) atoms. The van der Waals surface area contributed by atoms with E-state index in [0.717, 1.165) is 5.56 Å². The number of methoxy groups -OCH3 is 1. The van der Waals surface area contributed by atoms with Gasteiger partial charge in [-0.05, 0) is 42.9 Å². The van der Waals surface area contributed by atoms with Gasteiger partial charge in [-0.3, -0.25) is 0 Å². The summed E-state index contributed by atoms with van der Waals surface area (Å²) in [6.45, 7) is 2.02. The quantitative estimate of drug-likeness (QED) is 0.641. The predicted octanol–water partition coefficient (Wildman–Crippen LogP) is 4.17. The standard InChI is InChI=1S/C17H17ClN2O2S/c1-11(12-6-4-3-5-7-12)19-17(23)20-13-8-9-15(18)14(10-13)16(21)22-2/h3-11H,1-2H3,(H2,19,20,23). The molecule has 2 aromatic carbocycles. The van der Waals surface area contributed by atoms with Gasteiger partial charge in [0.1, 0.15) is 0 Å². The highest BCUT2D eigenvalue weighted by Gasteiger charge is 2.12. The van der Waals surface area contributed by atoms with Crippen molar-refractivity contribution in [2.75, 3.05) is 12.4 Å². The molecular weight excluding hydrogens is 332 g/mol. The fourth-order valence-electron chi connectivity index (χ4n) is 2.06. The first-order valence-electron chi connectivity index (χ1n) is 7.01. The molecule has 0 aliphatic heterocycles. The van der Waals surface area contributed by atoms with Crippen molar-refractivity contribution in [2.24, 2.45) is 0 Å². The molecule has 0 aliphatic carbocycles. The van der Waals surface area contributed by atoms with E-state index in [1.54, 1.807) is 18.2 Å². The number of halogens is 1. The molecule has 0 radical (unpaired) electrons. The summed E-state index contributed by atoms with van der Waals surface area (Å²) in [5.74, 6) is -0.491. The minimum atomic E-state index is -0.491. The molecule has 2 rings (SSSR count). The lowest BCUT2D eigenvalue weighted by molar-refractivity contribution is 0.0601. The Labute approximate surface area is 145 Å². The van der Waals surface area contributed by atoms with Gasteiger partial charge in [0.05, 0.1) is 23.7 Å². The number of hydrogen-bond acceptors (Lipinski definition) is 3. The van der Waals surface area contributed by atoms with Crippen molar-refractivity contribution in [2.45, 2.75) is 13.0 Å². The molecule has 6 heteroatoms. The van der Waals surface area contributed by atoms with Gasteiger partial charge < -0.3 is 15.4 Å². The van der Waals surface area contributed by atoms with Gasteiger partial charge in [0.25, 0.3) is 0 Å². The molecule has 2 aromatic rings. The number of anilines is 1. The molecule has 0 spiro atoms. The van der Waals surface area contributed by atoms with E-state index in [1.807, 2.05) is 37.3 Å². The van der Waals surface area contributed by atoms with Crippen molar-refractivity contribution >= 4 is 40.6 Å². The van der Waals surface area contributed by atoms with Crippen LogP contribution in [0, 0.1) is 0 Å². The Bertz CT molecular complexity index is 707. The van der Waals surface area contributed by atoms with Crippen molar-refractivity contribution in [3.8, 4) is 0 Å². The van der Waals surface area contributed by atoms with Gasteiger partial charge in [0, 0.05) is 5.69 Å². The molecular formula is C17H17ClN2O2S. The second-order valence-corrected chi connectivity index (χ2v) is 5.73.